The number of ether oxygens (including phenoxy) is 1. The first kappa shape index (κ1) is 24.7. The van der Waals surface area contributed by atoms with Gasteiger partial charge in [0.25, 0.3) is 17.7 Å². The monoisotopic (exact) mass is 503 g/mol. The van der Waals surface area contributed by atoms with Crippen LogP contribution in [0.2, 0.25) is 0 Å². The van der Waals surface area contributed by atoms with Crippen LogP contribution in [-0.2, 0) is 14.3 Å². The van der Waals surface area contributed by atoms with Crippen LogP contribution in [0.15, 0.2) is 83.5 Å². The van der Waals surface area contributed by atoms with Gasteiger partial charge in [-0.3, -0.25) is 14.4 Å². The van der Waals surface area contributed by atoms with Gasteiger partial charge in [0.1, 0.15) is 10.7 Å². The van der Waals surface area contributed by atoms with Crippen LogP contribution in [0, 0.1) is 6.92 Å². The Morgan fingerprint density at radius 3 is 2.28 bits per heavy atom. The number of nitrogens with zero attached hydrogens (tertiary/aromatic N) is 1. The summed E-state index contributed by atoms with van der Waals surface area (Å²) in [7, 11) is 0. The van der Waals surface area contributed by atoms with Crippen molar-refractivity contribution in [1.29, 1.82) is 0 Å². The zero-order valence-electron chi connectivity index (χ0n) is 19.5. The van der Waals surface area contributed by atoms with Crippen LogP contribution in [0.5, 0.6) is 0 Å². The zero-order chi connectivity index (χ0) is 25.8. The molecule has 0 fully saturated rings. The minimum Gasteiger partial charge on any atom is -0.462 e. The second kappa shape index (κ2) is 10.5. The highest BCUT2D eigenvalue weighted by Gasteiger charge is 2.39. The molecule has 9 heteroatoms. The lowest BCUT2D eigenvalue weighted by molar-refractivity contribution is -0.120. The highest BCUT2D eigenvalue weighted by Crippen LogP contribution is 2.30. The maximum absolute atomic E-state index is 13.1. The number of hydrogen-bond donors (Lipinski definition) is 2. The number of aryl methyl sites for hydroxylation is 1. The predicted molar refractivity (Wildman–Crippen MR) is 137 cm³/mol. The van der Waals surface area contributed by atoms with E-state index >= 15 is 0 Å². The number of benzene rings is 3. The van der Waals surface area contributed by atoms with Crippen LogP contribution < -0.4 is 15.5 Å². The van der Waals surface area contributed by atoms with E-state index in [-0.39, 0.29) is 34.5 Å². The van der Waals surface area contributed by atoms with Crippen LogP contribution in [0.25, 0.3) is 0 Å². The molecule has 0 saturated heterocycles. The van der Waals surface area contributed by atoms with Gasteiger partial charge < -0.3 is 15.4 Å². The molecule has 1 aliphatic rings. The molecular formula is C27H22ClN3O5. The first-order chi connectivity index (χ1) is 17.3. The van der Waals surface area contributed by atoms with E-state index in [1.165, 1.54) is 24.3 Å². The molecule has 0 spiro atoms. The fraction of sp³-hybridized carbons (Fsp3) is 0.111. The fourth-order valence-corrected chi connectivity index (χ4v) is 3.83. The normalized spacial score (nSPS) is 13.1. The Balaban J connectivity index is 1.50. The molecule has 3 aromatic rings. The molecule has 182 valence electrons. The second-order valence-electron chi connectivity index (χ2n) is 7.93. The smallest absolute Gasteiger partial charge is 0.338 e. The van der Waals surface area contributed by atoms with E-state index in [1.807, 2.05) is 25.1 Å². The Bertz CT molecular complexity index is 1400. The van der Waals surface area contributed by atoms with Crippen molar-refractivity contribution in [2.75, 3.05) is 22.1 Å². The maximum atomic E-state index is 13.1. The van der Waals surface area contributed by atoms with Crippen molar-refractivity contribution in [3.8, 4) is 0 Å². The van der Waals surface area contributed by atoms with E-state index in [4.69, 9.17) is 16.3 Å². The van der Waals surface area contributed by atoms with Crippen LogP contribution >= 0.6 is 11.6 Å². The Morgan fingerprint density at radius 1 is 0.889 bits per heavy atom. The number of anilines is 3. The molecule has 3 amide bonds. The second-order valence-corrected chi connectivity index (χ2v) is 8.31. The minimum absolute atomic E-state index is 0.118. The lowest BCUT2D eigenvalue weighted by Gasteiger charge is -2.15. The molecule has 0 bridgehead atoms. The summed E-state index contributed by atoms with van der Waals surface area (Å²) in [5.74, 6) is -2.21. The quantitative estimate of drug-likeness (QED) is 0.352. The summed E-state index contributed by atoms with van der Waals surface area (Å²) in [5, 5.41) is 5.41. The molecule has 2 N–H and O–H groups in total. The van der Waals surface area contributed by atoms with E-state index in [0.29, 0.717) is 16.9 Å². The van der Waals surface area contributed by atoms with Gasteiger partial charge in [-0.15, -0.1) is 0 Å². The zero-order valence-corrected chi connectivity index (χ0v) is 20.3. The van der Waals surface area contributed by atoms with Crippen molar-refractivity contribution in [1.82, 2.24) is 0 Å². The molecule has 1 aliphatic heterocycles. The molecular weight excluding hydrogens is 482 g/mol. The van der Waals surface area contributed by atoms with E-state index < -0.39 is 17.8 Å². The van der Waals surface area contributed by atoms with Gasteiger partial charge >= 0.3 is 5.97 Å². The number of halogens is 1. The molecule has 36 heavy (non-hydrogen) atoms. The van der Waals surface area contributed by atoms with E-state index in [1.54, 1.807) is 37.3 Å². The summed E-state index contributed by atoms with van der Waals surface area (Å²) in [6, 6.07) is 19.7. The van der Waals surface area contributed by atoms with Gasteiger partial charge in [-0.25, -0.2) is 9.69 Å². The minimum atomic E-state index is -0.707. The molecule has 4 rings (SSSR count). The summed E-state index contributed by atoms with van der Waals surface area (Å²) in [6.07, 6.45) is 0. The molecule has 0 unspecified atom stereocenters. The third-order valence-corrected chi connectivity index (χ3v) is 5.68. The lowest BCUT2D eigenvalue weighted by Crippen LogP contribution is -2.32. The first-order valence-corrected chi connectivity index (χ1v) is 11.5. The van der Waals surface area contributed by atoms with Crippen molar-refractivity contribution >= 4 is 52.4 Å². The standard InChI is InChI=1S/C27H22ClN3O5/c1-3-36-27(35)17-10-12-21(13-11-17)31-25(33)22(28)23(26(31)34)29-20-9-5-7-18(15-20)24(32)30-19-8-4-6-16(2)14-19/h4-15,29H,3H2,1-2H3,(H,30,32). The summed E-state index contributed by atoms with van der Waals surface area (Å²) < 4.78 is 4.95. The Labute approximate surface area is 212 Å². The lowest BCUT2D eigenvalue weighted by atomic mass is 10.1. The summed E-state index contributed by atoms with van der Waals surface area (Å²) >= 11 is 6.22. The third kappa shape index (κ3) is 5.13. The summed E-state index contributed by atoms with van der Waals surface area (Å²) in [5.41, 5.74) is 2.84. The first-order valence-electron chi connectivity index (χ1n) is 11.1. The van der Waals surface area contributed by atoms with Gasteiger partial charge in [0.2, 0.25) is 0 Å². The van der Waals surface area contributed by atoms with Gasteiger partial charge in [-0.1, -0.05) is 29.8 Å². The number of esters is 1. The fourth-order valence-electron chi connectivity index (χ4n) is 3.62. The van der Waals surface area contributed by atoms with Crippen LogP contribution in [-0.4, -0.2) is 30.3 Å². The van der Waals surface area contributed by atoms with Crippen molar-refractivity contribution < 1.29 is 23.9 Å². The Kier molecular flexibility index (Phi) is 7.17. The van der Waals surface area contributed by atoms with Gasteiger partial charge in [-0.2, -0.15) is 0 Å². The van der Waals surface area contributed by atoms with Crippen molar-refractivity contribution in [3.05, 3.63) is 100 Å². The van der Waals surface area contributed by atoms with Crippen LogP contribution in [0.1, 0.15) is 33.2 Å². The predicted octanol–water partition coefficient (Wildman–Crippen LogP) is 4.86. The topological polar surface area (TPSA) is 105 Å². The van der Waals surface area contributed by atoms with E-state index in [9.17, 15) is 19.2 Å². The van der Waals surface area contributed by atoms with Crippen molar-refractivity contribution in [2.24, 2.45) is 0 Å². The van der Waals surface area contributed by atoms with Gasteiger partial charge in [0, 0.05) is 16.9 Å². The van der Waals surface area contributed by atoms with E-state index in [2.05, 4.69) is 10.6 Å². The molecule has 0 atom stereocenters. The number of nitrogens with one attached hydrogen (secondary N) is 2. The molecule has 1 heterocycles. The Morgan fingerprint density at radius 2 is 1.58 bits per heavy atom. The van der Waals surface area contributed by atoms with Gasteiger partial charge in [0.15, 0.2) is 0 Å². The Hall–Kier alpha value is -4.43. The van der Waals surface area contributed by atoms with Crippen LogP contribution in [0.4, 0.5) is 17.1 Å². The number of rotatable bonds is 7. The molecule has 0 aliphatic carbocycles. The largest absolute Gasteiger partial charge is 0.462 e. The van der Waals surface area contributed by atoms with Crippen molar-refractivity contribution in [2.45, 2.75) is 13.8 Å². The van der Waals surface area contributed by atoms with E-state index in [0.717, 1.165) is 10.5 Å². The number of imide groups is 1. The summed E-state index contributed by atoms with van der Waals surface area (Å²) in [6.45, 7) is 3.85. The molecule has 3 aromatic carbocycles. The molecule has 0 aromatic heterocycles. The highest BCUT2D eigenvalue weighted by molar-refractivity contribution is 6.53. The SMILES string of the molecule is CCOC(=O)c1ccc(N2C(=O)C(Cl)=C(Nc3cccc(C(=O)Nc4cccc(C)c4)c3)C2=O)cc1. The molecule has 0 saturated carbocycles. The number of hydrogen-bond acceptors (Lipinski definition) is 6. The number of amides is 3. The molecule has 0 radical (unpaired) electrons. The highest BCUT2D eigenvalue weighted by atomic mass is 35.5. The summed E-state index contributed by atoms with van der Waals surface area (Å²) in [4.78, 5) is 51.3. The number of carbonyl (C=O) groups is 4. The third-order valence-electron chi connectivity index (χ3n) is 5.33. The maximum Gasteiger partial charge on any atom is 0.338 e. The number of carbonyl (C=O) groups excluding carboxylic acids is 4. The average Bonchev–Trinajstić information content (AvgIpc) is 3.07. The molecule has 8 nitrogen and oxygen atoms in total. The van der Waals surface area contributed by atoms with Gasteiger partial charge in [-0.05, 0) is 74.0 Å². The van der Waals surface area contributed by atoms with Crippen molar-refractivity contribution in [3.63, 3.8) is 0 Å². The van der Waals surface area contributed by atoms with Crippen LogP contribution in [0.3, 0.4) is 0 Å². The average molecular weight is 504 g/mol. The van der Waals surface area contributed by atoms with Gasteiger partial charge in [0.05, 0.1) is 17.9 Å².